The highest BCUT2D eigenvalue weighted by Gasteiger charge is 2.08. The van der Waals surface area contributed by atoms with Crippen LogP contribution in [0.2, 0.25) is 0 Å². The monoisotopic (exact) mass is 520 g/mol. The molecule has 0 aliphatic rings. The van der Waals surface area contributed by atoms with Gasteiger partial charge in [-0.15, -0.1) is 0 Å². The molecule has 6 heteroatoms. The summed E-state index contributed by atoms with van der Waals surface area (Å²) >= 11 is 0. The Labute approximate surface area is 227 Å². The topological polar surface area (TPSA) is 87.7 Å². The van der Waals surface area contributed by atoms with Gasteiger partial charge in [0.25, 0.3) is 5.69 Å². The van der Waals surface area contributed by atoms with E-state index < -0.39 is 10.9 Å². The lowest BCUT2D eigenvalue weighted by Crippen LogP contribution is -3.12. The number of nitro groups is 1. The third kappa shape index (κ3) is 21.8. The summed E-state index contributed by atoms with van der Waals surface area (Å²) < 4.78 is 0. The number of nitrogens with one attached hydrogen (secondary N) is 1. The minimum absolute atomic E-state index is 0.0689. The van der Waals surface area contributed by atoms with Crippen LogP contribution in [-0.4, -0.2) is 30.5 Å². The Kier molecular flexibility index (Phi) is 24.3. The predicted molar refractivity (Wildman–Crippen MR) is 153 cm³/mol. The van der Waals surface area contributed by atoms with Gasteiger partial charge in [0.15, 0.2) is 0 Å². The van der Waals surface area contributed by atoms with Crippen LogP contribution < -0.4 is 10.0 Å². The second-order valence-corrected chi connectivity index (χ2v) is 10.4. The maximum Gasteiger partial charge on any atom is 0.269 e. The van der Waals surface area contributed by atoms with Crippen molar-refractivity contribution >= 4 is 11.7 Å². The first-order valence-corrected chi connectivity index (χ1v) is 15.3. The molecule has 0 heterocycles. The van der Waals surface area contributed by atoms with Crippen LogP contribution >= 0.6 is 0 Å². The van der Waals surface area contributed by atoms with Crippen molar-refractivity contribution in [3.63, 3.8) is 0 Å². The number of hydrogen-bond acceptors (Lipinski definition) is 4. The number of nitro benzene ring substituents is 1. The Morgan fingerprint density at radius 3 is 1.24 bits per heavy atom. The zero-order valence-electron chi connectivity index (χ0n) is 24.2. The number of hydrogen-bond donors (Lipinski definition) is 1. The summed E-state index contributed by atoms with van der Waals surface area (Å²) in [6.07, 6.45) is 26.0. The van der Waals surface area contributed by atoms with Crippen LogP contribution in [0, 0.1) is 10.1 Å². The number of non-ortho nitro benzene ring substituents is 1. The molecule has 0 amide bonds. The molecule has 37 heavy (non-hydrogen) atoms. The third-order valence-corrected chi connectivity index (χ3v) is 6.97. The number of carbonyl (C=O) groups excluding carboxylic acids is 1. The van der Waals surface area contributed by atoms with Gasteiger partial charge < -0.3 is 14.8 Å². The largest absolute Gasteiger partial charge is 0.545 e. The summed E-state index contributed by atoms with van der Waals surface area (Å²) in [4.78, 5) is 21.6. The van der Waals surface area contributed by atoms with Crippen LogP contribution in [0.4, 0.5) is 5.69 Å². The molecule has 1 rings (SSSR count). The molecular weight excluding hydrogens is 464 g/mol. The smallest absolute Gasteiger partial charge is 0.269 e. The van der Waals surface area contributed by atoms with Crippen molar-refractivity contribution in [2.75, 3.05) is 19.6 Å². The molecule has 0 fully saturated rings. The molecule has 1 aromatic carbocycles. The van der Waals surface area contributed by atoms with Gasteiger partial charge in [0.2, 0.25) is 0 Å². The molecule has 0 bridgehead atoms. The van der Waals surface area contributed by atoms with Gasteiger partial charge in [0.1, 0.15) is 0 Å². The Morgan fingerprint density at radius 2 is 0.946 bits per heavy atom. The number of nitrogens with zero attached hydrogens (tertiary/aromatic N) is 1. The van der Waals surface area contributed by atoms with Crippen LogP contribution in [0.25, 0.3) is 0 Å². The van der Waals surface area contributed by atoms with E-state index in [0.717, 1.165) is 24.3 Å². The second kappa shape index (κ2) is 25.7. The molecule has 0 spiro atoms. The first-order chi connectivity index (χ1) is 18.0. The van der Waals surface area contributed by atoms with Gasteiger partial charge >= 0.3 is 0 Å². The minimum Gasteiger partial charge on any atom is -0.545 e. The Morgan fingerprint density at radius 1 is 0.622 bits per heavy atom. The van der Waals surface area contributed by atoms with Crippen LogP contribution in [0.3, 0.4) is 0 Å². The molecule has 0 aliphatic carbocycles. The summed E-state index contributed by atoms with van der Waals surface area (Å²) in [5.74, 6) is -1.34. The molecule has 0 atom stereocenters. The summed E-state index contributed by atoms with van der Waals surface area (Å²) in [6, 6.07) is 4.50. The molecule has 1 aromatic rings. The Balaban J connectivity index is 0.000000893. The highest BCUT2D eigenvalue weighted by Crippen LogP contribution is 2.11. The molecule has 214 valence electrons. The quantitative estimate of drug-likeness (QED) is 0.0964. The van der Waals surface area contributed by atoms with Crippen LogP contribution in [0.15, 0.2) is 24.3 Å². The van der Waals surface area contributed by atoms with Crippen LogP contribution in [-0.2, 0) is 0 Å². The molecular formula is C31H56N2O4. The molecule has 0 saturated heterocycles. The Hall–Kier alpha value is -1.95. The van der Waals surface area contributed by atoms with E-state index in [9.17, 15) is 20.0 Å². The van der Waals surface area contributed by atoms with Crippen molar-refractivity contribution in [1.82, 2.24) is 0 Å². The van der Waals surface area contributed by atoms with Gasteiger partial charge in [-0.2, -0.15) is 0 Å². The van der Waals surface area contributed by atoms with Crippen molar-refractivity contribution in [1.29, 1.82) is 0 Å². The number of benzene rings is 1. The normalized spacial score (nSPS) is 10.8. The Bertz CT molecular complexity index is 593. The third-order valence-electron chi connectivity index (χ3n) is 6.97. The van der Waals surface area contributed by atoms with Gasteiger partial charge in [-0.25, -0.2) is 0 Å². The number of carboxylic acids is 1. The van der Waals surface area contributed by atoms with Gasteiger partial charge in [-0.3, -0.25) is 10.1 Å². The van der Waals surface area contributed by atoms with Gasteiger partial charge in [0, 0.05) is 12.1 Å². The van der Waals surface area contributed by atoms with E-state index >= 15 is 0 Å². The average molecular weight is 521 g/mol. The number of carbonyl (C=O) groups is 1. The fraction of sp³-hybridized carbons (Fsp3) is 0.774. The van der Waals surface area contributed by atoms with Gasteiger partial charge in [-0.1, -0.05) is 97.8 Å². The number of carboxylic acid groups (broad SMARTS) is 1. The van der Waals surface area contributed by atoms with E-state index in [1.54, 1.807) is 0 Å². The van der Waals surface area contributed by atoms with Crippen molar-refractivity contribution in [2.24, 2.45) is 0 Å². The average Bonchev–Trinajstić information content (AvgIpc) is 2.90. The van der Waals surface area contributed by atoms with Crippen LogP contribution in [0.5, 0.6) is 0 Å². The summed E-state index contributed by atoms with van der Waals surface area (Å²) in [6.45, 7) is 11.3. The van der Waals surface area contributed by atoms with E-state index in [4.69, 9.17) is 0 Å². The molecule has 0 unspecified atom stereocenters. The lowest BCUT2D eigenvalue weighted by Gasteiger charge is -2.20. The molecule has 0 radical (unpaired) electrons. The predicted octanol–water partition coefficient (Wildman–Crippen LogP) is 6.91. The summed E-state index contributed by atoms with van der Waals surface area (Å²) in [5.41, 5.74) is -0.208. The fourth-order valence-corrected chi connectivity index (χ4v) is 4.56. The SMILES string of the molecule is CCCCCCCC[NH+](CCCCCCCC)CCCCCCCC.O=C([O-])c1ccc([N+](=O)[O-])cc1. The fourth-order valence-electron chi connectivity index (χ4n) is 4.56. The van der Waals surface area contributed by atoms with E-state index in [1.165, 1.54) is 135 Å². The van der Waals surface area contributed by atoms with Crippen LogP contribution in [0.1, 0.15) is 147 Å². The van der Waals surface area contributed by atoms with Gasteiger partial charge in [-0.05, 0) is 56.2 Å². The van der Waals surface area contributed by atoms with E-state index in [0.29, 0.717) is 0 Å². The number of rotatable bonds is 23. The summed E-state index contributed by atoms with van der Waals surface area (Å²) in [7, 11) is 0. The maximum absolute atomic E-state index is 10.2. The molecule has 6 nitrogen and oxygen atoms in total. The maximum atomic E-state index is 10.2. The highest BCUT2D eigenvalue weighted by atomic mass is 16.6. The van der Waals surface area contributed by atoms with E-state index in [1.807, 2.05) is 4.90 Å². The molecule has 1 N–H and O–H groups in total. The summed E-state index contributed by atoms with van der Waals surface area (Å²) in [5, 5.41) is 20.3. The standard InChI is InChI=1S/C24H51N.C7H5NO4/c1-4-7-10-13-16-19-22-25(23-20-17-14-11-8-5-2)24-21-18-15-12-9-6-3;9-7(10)5-1-3-6(4-2-5)8(11)12/h4-24H2,1-3H3;1-4H,(H,9,10). The number of aromatic carboxylic acids is 1. The number of unbranched alkanes of at least 4 members (excludes halogenated alkanes) is 15. The number of quaternary nitrogens is 1. The minimum atomic E-state index is -1.34. The lowest BCUT2D eigenvalue weighted by atomic mass is 10.1. The zero-order valence-corrected chi connectivity index (χ0v) is 24.2. The van der Waals surface area contributed by atoms with E-state index in [-0.39, 0.29) is 11.3 Å². The molecule has 0 aliphatic heterocycles. The zero-order chi connectivity index (χ0) is 27.6. The first kappa shape index (κ1) is 35.0. The lowest BCUT2D eigenvalue weighted by molar-refractivity contribution is -0.900. The van der Waals surface area contributed by atoms with Crippen molar-refractivity contribution in [3.8, 4) is 0 Å². The molecule has 0 aromatic heterocycles. The first-order valence-electron chi connectivity index (χ1n) is 15.3. The van der Waals surface area contributed by atoms with Crippen molar-refractivity contribution < 1.29 is 19.7 Å². The molecule has 0 saturated carbocycles. The van der Waals surface area contributed by atoms with Crippen molar-refractivity contribution in [3.05, 3.63) is 39.9 Å². The van der Waals surface area contributed by atoms with Gasteiger partial charge in [0.05, 0.1) is 30.5 Å². The van der Waals surface area contributed by atoms with E-state index in [2.05, 4.69) is 20.8 Å². The van der Waals surface area contributed by atoms with Crippen molar-refractivity contribution in [2.45, 2.75) is 136 Å². The highest BCUT2D eigenvalue weighted by molar-refractivity contribution is 5.85. The second-order valence-electron chi connectivity index (χ2n) is 10.4.